The number of fused-ring (bicyclic) bond motifs is 3. The molecule has 2 N–H and O–H groups in total. The van der Waals surface area contributed by atoms with E-state index in [2.05, 4.69) is 25.0 Å². The summed E-state index contributed by atoms with van der Waals surface area (Å²) in [4.78, 5) is 35.0. The van der Waals surface area contributed by atoms with Crippen molar-refractivity contribution in [1.82, 2.24) is 24.6 Å². The van der Waals surface area contributed by atoms with Gasteiger partial charge in [-0.1, -0.05) is 0 Å². The molecule has 8 nitrogen and oxygen atoms in total. The maximum atomic E-state index is 12.2. The molecule has 4 heterocycles. The van der Waals surface area contributed by atoms with E-state index in [4.69, 9.17) is 0 Å². The molecule has 5 rings (SSSR count). The number of nitrogens with zero attached hydrogens (tertiary/aromatic N) is 4. The second-order valence-corrected chi connectivity index (χ2v) is 7.05. The first-order valence-corrected chi connectivity index (χ1v) is 8.59. The molecule has 0 amide bonds. The minimum Gasteiger partial charge on any atom is -0.368 e. The van der Waals surface area contributed by atoms with Gasteiger partial charge in [-0.3, -0.25) is 9.78 Å². The highest BCUT2D eigenvalue weighted by Crippen LogP contribution is 2.39. The quantitative estimate of drug-likeness (QED) is 0.726. The summed E-state index contributed by atoms with van der Waals surface area (Å²) in [5, 5.41) is 4.49. The lowest BCUT2D eigenvalue weighted by molar-refractivity contribution is 0.421. The van der Waals surface area contributed by atoms with E-state index >= 15 is 0 Å². The zero-order chi connectivity index (χ0) is 17.0. The van der Waals surface area contributed by atoms with Crippen LogP contribution in [-0.2, 0) is 0 Å². The number of hydrogen-bond acceptors (Lipinski definition) is 5. The number of anilines is 1. The smallest absolute Gasteiger partial charge is 0.325 e. The van der Waals surface area contributed by atoms with E-state index in [1.165, 1.54) is 25.5 Å². The Balaban J connectivity index is 1.66. The highest BCUT2D eigenvalue weighted by Gasteiger charge is 2.34. The summed E-state index contributed by atoms with van der Waals surface area (Å²) in [7, 11) is 0. The van der Waals surface area contributed by atoms with Gasteiger partial charge in [0.2, 0.25) is 0 Å². The van der Waals surface area contributed by atoms with Crippen LogP contribution in [0.1, 0.15) is 19.3 Å². The fourth-order valence-electron chi connectivity index (χ4n) is 4.27. The number of aromatic amines is 2. The van der Waals surface area contributed by atoms with E-state index in [9.17, 15) is 9.59 Å². The molecular weight excluding hydrogens is 320 g/mol. The Labute approximate surface area is 142 Å². The van der Waals surface area contributed by atoms with Gasteiger partial charge in [0.15, 0.2) is 5.65 Å². The molecule has 1 saturated heterocycles. The molecule has 128 valence electrons. The topological polar surface area (TPSA) is 99.2 Å². The highest BCUT2D eigenvalue weighted by atomic mass is 16.2. The van der Waals surface area contributed by atoms with Crippen molar-refractivity contribution in [3.8, 4) is 11.3 Å². The zero-order valence-corrected chi connectivity index (χ0v) is 13.6. The van der Waals surface area contributed by atoms with Crippen molar-refractivity contribution in [2.24, 2.45) is 11.8 Å². The predicted molar refractivity (Wildman–Crippen MR) is 92.7 cm³/mol. The number of piperidine rings is 1. The SMILES string of the molecule is O=c1[nH]cc(-c2cc(N3CC4CCC(C4)C3)c3nccn3n2)c(=O)[nH]1. The van der Waals surface area contributed by atoms with Crippen molar-refractivity contribution < 1.29 is 0 Å². The predicted octanol–water partition coefficient (Wildman–Crippen LogP) is 1.01. The van der Waals surface area contributed by atoms with Gasteiger partial charge in [0.25, 0.3) is 5.56 Å². The molecule has 2 bridgehead atoms. The third-order valence-corrected chi connectivity index (χ3v) is 5.38. The Hall–Kier alpha value is -2.90. The molecule has 0 radical (unpaired) electrons. The van der Waals surface area contributed by atoms with Gasteiger partial charge in [-0.15, -0.1) is 0 Å². The summed E-state index contributed by atoms with van der Waals surface area (Å²) >= 11 is 0. The van der Waals surface area contributed by atoms with Crippen LogP contribution in [0.4, 0.5) is 5.69 Å². The molecule has 2 unspecified atom stereocenters. The van der Waals surface area contributed by atoms with Crippen LogP contribution in [0.2, 0.25) is 0 Å². The molecule has 1 aliphatic heterocycles. The first-order chi connectivity index (χ1) is 12.2. The largest absolute Gasteiger partial charge is 0.368 e. The molecule has 0 aromatic carbocycles. The third kappa shape index (κ3) is 2.36. The van der Waals surface area contributed by atoms with Crippen LogP contribution in [0.3, 0.4) is 0 Å². The number of imidazole rings is 1. The van der Waals surface area contributed by atoms with Crippen LogP contribution in [-0.4, -0.2) is 37.7 Å². The van der Waals surface area contributed by atoms with Crippen LogP contribution < -0.4 is 16.1 Å². The van der Waals surface area contributed by atoms with Crippen molar-refractivity contribution in [2.45, 2.75) is 19.3 Å². The van der Waals surface area contributed by atoms with E-state index in [1.807, 2.05) is 6.07 Å². The summed E-state index contributed by atoms with van der Waals surface area (Å²) in [6, 6.07) is 1.91. The monoisotopic (exact) mass is 338 g/mol. The lowest BCUT2D eigenvalue weighted by Gasteiger charge is -2.33. The number of aromatic nitrogens is 5. The lowest BCUT2D eigenvalue weighted by Crippen LogP contribution is -2.36. The van der Waals surface area contributed by atoms with Crippen LogP contribution in [0.25, 0.3) is 16.9 Å². The fraction of sp³-hybridized carbons (Fsp3) is 0.412. The first kappa shape index (κ1) is 14.4. The lowest BCUT2D eigenvalue weighted by atomic mass is 9.98. The molecular formula is C17H18N6O2. The molecule has 25 heavy (non-hydrogen) atoms. The van der Waals surface area contributed by atoms with Crippen molar-refractivity contribution in [2.75, 3.05) is 18.0 Å². The molecule has 2 aliphatic rings. The maximum Gasteiger partial charge on any atom is 0.325 e. The van der Waals surface area contributed by atoms with E-state index in [-0.39, 0.29) is 0 Å². The summed E-state index contributed by atoms with van der Waals surface area (Å²) in [6.45, 7) is 2.04. The van der Waals surface area contributed by atoms with Crippen molar-refractivity contribution in [3.05, 3.63) is 45.5 Å². The Morgan fingerprint density at radius 1 is 1.16 bits per heavy atom. The van der Waals surface area contributed by atoms with Gasteiger partial charge in [0.05, 0.1) is 11.3 Å². The zero-order valence-electron chi connectivity index (χ0n) is 13.6. The average Bonchev–Trinajstić information content (AvgIpc) is 3.20. The van der Waals surface area contributed by atoms with Crippen molar-refractivity contribution in [3.63, 3.8) is 0 Å². The minimum absolute atomic E-state index is 0.344. The van der Waals surface area contributed by atoms with E-state index in [1.54, 1.807) is 16.9 Å². The number of hydrogen-bond donors (Lipinski definition) is 2. The second-order valence-electron chi connectivity index (χ2n) is 7.05. The molecule has 1 saturated carbocycles. The van der Waals surface area contributed by atoms with E-state index in [0.29, 0.717) is 11.3 Å². The number of nitrogens with one attached hydrogen (secondary N) is 2. The Morgan fingerprint density at radius 3 is 2.72 bits per heavy atom. The van der Waals surface area contributed by atoms with E-state index in [0.717, 1.165) is 36.3 Å². The average molecular weight is 338 g/mol. The molecule has 1 aliphatic carbocycles. The normalized spacial score (nSPS) is 22.6. The van der Waals surface area contributed by atoms with Crippen LogP contribution in [0, 0.1) is 11.8 Å². The van der Waals surface area contributed by atoms with Crippen molar-refractivity contribution >= 4 is 11.3 Å². The van der Waals surface area contributed by atoms with Crippen LogP contribution in [0.15, 0.2) is 34.2 Å². The van der Waals surface area contributed by atoms with Gasteiger partial charge in [-0.05, 0) is 37.2 Å². The van der Waals surface area contributed by atoms with E-state index < -0.39 is 11.2 Å². The summed E-state index contributed by atoms with van der Waals surface area (Å²) in [5.74, 6) is 1.48. The van der Waals surface area contributed by atoms with Gasteiger partial charge in [0, 0.05) is 31.7 Å². The number of H-pyrrole nitrogens is 2. The van der Waals surface area contributed by atoms with Gasteiger partial charge >= 0.3 is 5.69 Å². The Morgan fingerprint density at radius 2 is 1.96 bits per heavy atom. The molecule has 2 atom stereocenters. The minimum atomic E-state index is -0.523. The van der Waals surface area contributed by atoms with Crippen LogP contribution >= 0.6 is 0 Å². The molecule has 3 aromatic heterocycles. The first-order valence-electron chi connectivity index (χ1n) is 8.59. The number of rotatable bonds is 2. The molecule has 2 fully saturated rings. The van der Waals surface area contributed by atoms with Gasteiger partial charge in [-0.2, -0.15) is 5.10 Å². The second kappa shape index (κ2) is 5.30. The van der Waals surface area contributed by atoms with Gasteiger partial charge in [-0.25, -0.2) is 14.3 Å². The van der Waals surface area contributed by atoms with Crippen molar-refractivity contribution in [1.29, 1.82) is 0 Å². The Bertz CT molecular complexity index is 1050. The summed E-state index contributed by atoms with van der Waals surface area (Å²) in [5.41, 5.74) is 1.70. The fourth-order valence-corrected chi connectivity index (χ4v) is 4.27. The third-order valence-electron chi connectivity index (χ3n) is 5.38. The summed E-state index contributed by atoms with van der Waals surface area (Å²) < 4.78 is 1.70. The standard InChI is InChI=1S/C17H18N6O2/c24-16-12(7-19-17(25)20-16)13-6-14(15-18-3-4-23(15)21-13)22-8-10-1-2-11(5-10)9-22/h3-4,6-7,10-11H,1-2,5,8-9H2,(H2,19,20,24,25). The molecule has 0 spiro atoms. The van der Waals surface area contributed by atoms with Gasteiger partial charge in [0.1, 0.15) is 5.69 Å². The molecule has 3 aromatic rings. The van der Waals surface area contributed by atoms with Crippen LogP contribution in [0.5, 0.6) is 0 Å². The summed E-state index contributed by atoms with van der Waals surface area (Å²) in [6.07, 6.45) is 8.81. The highest BCUT2D eigenvalue weighted by molar-refractivity contribution is 5.74. The maximum absolute atomic E-state index is 12.2. The van der Waals surface area contributed by atoms with Gasteiger partial charge < -0.3 is 9.88 Å². The Kier molecular flexibility index (Phi) is 3.06. The molecule has 8 heteroatoms.